The van der Waals surface area contributed by atoms with Gasteiger partial charge in [-0.1, -0.05) is 18.2 Å². The van der Waals surface area contributed by atoms with Crippen LogP contribution in [0, 0.1) is 5.82 Å². The number of para-hydroxylation sites is 1. The molecule has 0 bridgehead atoms. The van der Waals surface area contributed by atoms with Crippen LogP contribution in [0.25, 0.3) is 0 Å². The topological polar surface area (TPSA) is 123 Å². The lowest BCUT2D eigenvalue weighted by atomic mass is 10.2. The van der Waals surface area contributed by atoms with Gasteiger partial charge in [0, 0.05) is 5.56 Å². The van der Waals surface area contributed by atoms with Crippen molar-refractivity contribution in [1.82, 2.24) is 10.6 Å². The molecule has 3 N–H and O–H groups in total. The average molecular weight is 403 g/mol. The predicted octanol–water partition coefficient (Wildman–Crippen LogP) is 1.46. The maximum atomic E-state index is 13.4. The molecule has 10 heteroatoms. The SMILES string of the molecule is COc1cccc(C(=O)NCC(=O)OCC(=O)NC(=O)Nc2ccccc2F)c1. The molecule has 0 aliphatic rings. The van der Waals surface area contributed by atoms with Crippen LogP contribution < -0.4 is 20.7 Å². The zero-order chi connectivity index (χ0) is 21.2. The second kappa shape index (κ2) is 10.4. The minimum absolute atomic E-state index is 0.116. The zero-order valence-electron chi connectivity index (χ0n) is 15.4. The molecule has 2 rings (SSSR count). The number of esters is 1. The summed E-state index contributed by atoms with van der Waals surface area (Å²) in [6, 6.07) is 10.7. The van der Waals surface area contributed by atoms with Crippen LogP contribution in [-0.4, -0.2) is 44.1 Å². The quantitative estimate of drug-likeness (QED) is 0.602. The molecule has 0 aliphatic carbocycles. The second-order valence-electron chi connectivity index (χ2n) is 5.56. The number of benzene rings is 2. The van der Waals surface area contributed by atoms with Crippen molar-refractivity contribution in [2.45, 2.75) is 0 Å². The second-order valence-corrected chi connectivity index (χ2v) is 5.56. The van der Waals surface area contributed by atoms with E-state index in [0.717, 1.165) is 6.07 Å². The Morgan fingerprint density at radius 2 is 1.79 bits per heavy atom. The molecule has 4 amide bonds. The van der Waals surface area contributed by atoms with E-state index in [4.69, 9.17) is 4.74 Å². The Labute approximate surface area is 165 Å². The Morgan fingerprint density at radius 1 is 1.03 bits per heavy atom. The van der Waals surface area contributed by atoms with Crippen LogP contribution in [-0.2, 0) is 14.3 Å². The van der Waals surface area contributed by atoms with Crippen molar-refractivity contribution in [1.29, 1.82) is 0 Å². The highest BCUT2D eigenvalue weighted by atomic mass is 19.1. The third-order valence-electron chi connectivity index (χ3n) is 3.46. The molecule has 2 aromatic carbocycles. The number of nitrogens with one attached hydrogen (secondary N) is 3. The molecule has 0 atom stereocenters. The Kier molecular flexibility index (Phi) is 7.66. The van der Waals surface area contributed by atoms with Crippen molar-refractivity contribution in [3.05, 3.63) is 59.9 Å². The maximum absolute atomic E-state index is 13.4. The van der Waals surface area contributed by atoms with Crippen molar-refractivity contribution in [3.8, 4) is 5.75 Å². The summed E-state index contributed by atoms with van der Waals surface area (Å²) >= 11 is 0. The van der Waals surface area contributed by atoms with Crippen LogP contribution in [0.3, 0.4) is 0 Å². The molecule has 0 aliphatic heterocycles. The number of anilines is 1. The van der Waals surface area contributed by atoms with E-state index in [2.05, 4.69) is 15.4 Å². The molecule has 152 valence electrons. The number of carbonyl (C=O) groups is 4. The van der Waals surface area contributed by atoms with Gasteiger partial charge in [0.25, 0.3) is 11.8 Å². The highest BCUT2D eigenvalue weighted by Crippen LogP contribution is 2.12. The van der Waals surface area contributed by atoms with Crippen molar-refractivity contribution < 1.29 is 33.0 Å². The standard InChI is InChI=1S/C19H18FN3O6/c1-28-13-6-4-5-12(9-13)18(26)21-10-17(25)29-11-16(24)23-19(27)22-15-8-3-2-7-14(15)20/h2-9H,10-11H2,1H3,(H,21,26)(H2,22,23,24,27). The third kappa shape index (κ3) is 6.94. The number of amides is 4. The van der Waals surface area contributed by atoms with E-state index in [1.54, 1.807) is 12.1 Å². The van der Waals surface area contributed by atoms with Gasteiger partial charge in [0.05, 0.1) is 12.8 Å². The van der Waals surface area contributed by atoms with Crippen molar-refractivity contribution >= 4 is 29.5 Å². The van der Waals surface area contributed by atoms with Gasteiger partial charge in [0.15, 0.2) is 6.61 Å². The zero-order valence-corrected chi connectivity index (χ0v) is 15.4. The number of urea groups is 1. The summed E-state index contributed by atoms with van der Waals surface area (Å²) in [6.45, 7) is -1.23. The average Bonchev–Trinajstić information content (AvgIpc) is 2.72. The van der Waals surface area contributed by atoms with Crippen LogP contribution in [0.4, 0.5) is 14.9 Å². The molecule has 0 aromatic heterocycles. The van der Waals surface area contributed by atoms with E-state index in [1.807, 2.05) is 5.32 Å². The monoisotopic (exact) mass is 403 g/mol. The molecule has 29 heavy (non-hydrogen) atoms. The lowest BCUT2D eigenvalue weighted by Crippen LogP contribution is -2.38. The summed E-state index contributed by atoms with van der Waals surface area (Å²) in [7, 11) is 1.45. The number of rotatable bonds is 7. The number of imide groups is 1. The summed E-state index contributed by atoms with van der Waals surface area (Å²) < 4.78 is 23.1. The lowest BCUT2D eigenvalue weighted by Gasteiger charge is -2.09. The van der Waals surface area contributed by atoms with Gasteiger partial charge in [-0.15, -0.1) is 0 Å². The van der Waals surface area contributed by atoms with Gasteiger partial charge in [0.1, 0.15) is 18.1 Å². The van der Waals surface area contributed by atoms with Gasteiger partial charge < -0.3 is 20.1 Å². The van der Waals surface area contributed by atoms with E-state index in [1.165, 1.54) is 37.4 Å². The number of carbonyl (C=O) groups excluding carboxylic acids is 4. The van der Waals surface area contributed by atoms with Gasteiger partial charge in [0.2, 0.25) is 0 Å². The minimum Gasteiger partial charge on any atom is -0.497 e. The smallest absolute Gasteiger partial charge is 0.326 e. The molecular weight excluding hydrogens is 385 g/mol. The largest absolute Gasteiger partial charge is 0.497 e. The lowest BCUT2D eigenvalue weighted by molar-refractivity contribution is -0.147. The van der Waals surface area contributed by atoms with Crippen LogP contribution in [0.1, 0.15) is 10.4 Å². The van der Waals surface area contributed by atoms with E-state index >= 15 is 0 Å². The normalized spacial score (nSPS) is 9.86. The molecule has 0 spiro atoms. The molecule has 0 heterocycles. The number of ether oxygens (including phenoxy) is 2. The van der Waals surface area contributed by atoms with Gasteiger partial charge in [-0.05, 0) is 30.3 Å². The summed E-state index contributed by atoms with van der Waals surface area (Å²) in [5, 5.41) is 6.35. The van der Waals surface area contributed by atoms with E-state index in [-0.39, 0.29) is 11.3 Å². The van der Waals surface area contributed by atoms with Crippen LogP contribution >= 0.6 is 0 Å². The highest BCUT2D eigenvalue weighted by Gasteiger charge is 2.14. The van der Waals surface area contributed by atoms with Crippen LogP contribution in [0.2, 0.25) is 0 Å². The first-order chi connectivity index (χ1) is 13.9. The molecule has 0 fully saturated rings. The first kappa shape index (κ1) is 21.4. The van der Waals surface area contributed by atoms with E-state index < -0.39 is 42.8 Å². The van der Waals surface area contributed by atoms with Crippen LogP contribution in [0.5, 0.6) is 5.75 Å². The summed E-state index contributed by atoms with van der Waals surface area (Å²) in [5.74, 6) is -2.54. The number of hydrogen-bond acceptors (Lipinski definition) is 6. The molecule has 0 saturated heterocycles. The van der Waals surface area contributed by atoms with E-state index in [9.17, 15) is 23.6 Å². The number of methoxy groups -OCH3 is 1. The molecule has 9 nitrogen and oxygen atoms in total. The van der Waals surface area contributed by atoms with Gasteiger partial charge in [-0.25, -0.2) is 9.18 Å². The number of hydrogen-bond donors (Lipinski definition) is 3. The Bertz CT molecular complexity index is 918. The molecule has 0 unspecified atom stereocenters. The molecule has 0 radical (unpaired) electrons. The summed E-state index contributed by atoms with van der Waals surface area (Å²) in [6.07, 6.45) is 0. The first-order valence-electron chi connectivity index (χ1n) is 8.32. The molecular formula is C19H18FN3O6. The summed E-state index contributed by atoms with van der Waals surface area (Å²) in [4.78, 5) is 46.8. The molecule has 2 aromatic rings. The van der Waals surface area contributed by atoms with E-state index in [0.29, 0.717) is 5.75 Å². The number of halogens is 1. The fourth-order valence-corrected chi connectivity index (χ4v) is 2.09. The van der Waals surface area contributed by atoms with Crippen molar-refractivity contribution in [2.75, 3.05) is 25.6 Å². The van der Waals surface area contributed by atoms with Gasteiger partial charge in [-0.3, -0.25) is 19.7 Å². The van der Waals surface area contributed by atoms with Crippen LogP contribution in [0.15, 0.2) is 48.5 Å². The Hall–Kier alpha value is -3.95. The van der Waals surface area contributed by atoms with Gasteiger partial charge in [-0.2, -0.15) is 0 Å². The predicted molar refractivity (Wildman–Crippen MR) is 99.8 cm³/mol. The maximum Gasteiger partial charge on any atom is 0.326 e. The van der Waals surface area contributed by atoms with Gasteiger partial charge >= 0.3 is 12.0 Å². The fraction of sp³-hybridized carbons (Fsp3) is 0.158. The fourth-order valence-electron chi connectivity index (χ4n) is 2.09. The third-order valence-corrected chi connectivity index (χ3v) is 3.46. The Morgan fingerprint density at radius 3 is 2.52 bits per heavy atom. The minimum atomic E-state index is -0.984. The van der Waals surface area contributed by atoms with Crippen molar-refractivity contribution in [3.63, 3.8) is 0 Å². The van der Waals surface area contributed by atoms with Crippen molar-refractivity contribution in [2.24, 2.45) is 0 Å². The Balaban J connectivity index is 1.71. The first-order valence-corrected chi connectivity index (χ1v) is 8.32. The summed E-state index contributed by atoms with van der Waals surface area (Å²) in [5.41, 5.74) is 0.162. The molecule has 0 saturated carbocycles. The highest BCUT2D eigenvalue weighted by molar-refractivity contribution is 6.02.